The molecule has 148 valence electrons. The molecule has 2 aromatic carbocycles. The Balaban J connectivity index is 1.94. The van der Waals surface area contributed by atoms with Gasteiger partial charge in [0.1, 0.15) is 11.5 Å². The van der Waals surface area contributed by atoms with E-state index in [1.54, 1.807) is 20.1 Å². The Morgan fingerprint density at radius 1 is 1.14 bits per heavy atom. The van der Waals surface area contributed by atoms with E-state index >= 15 is 0 Å². The predicted molar refractivity (Wildman–Crippen MR) is 109 cm³/mol. The van der Waals surface area contributed by atoms with Crippen LogP contribution in [-0.2, 0) is 22.6 Å². The van der Waals surface area contributed by atoms with Crippen molar-refractivity contribution in [2.45, 2.75) is 45.1 Å². The fourth-order valence-electron chi connectivity index (χ4n) is 3.43. The van der Waals surface area contributed by atoms with Crippen molar-refractivity contribution in [3.63, 3.8) is 0 Å². The van der Waals surface area contributed by atoms with E-state index in [1.807, 2.05) is 12.1 Å². The average molecular weight is 381 g/mol. The maximum Gasteiger partial charge on any atom is 0.307 e. The lowest BCUT2D eigenvalue weighted by Gasteiger charge is -2.16. The predicted octanol–water partition coefficient (Wildman–Crippen LogP) is 3.94. The lowest BCUT2D eigenvalue weighted by atomic mass is 9.93. The second-order valence-corrected chi connectivity index (χ2v) is 7.42. The summed E-state index contributed by atoms with van der Waals surface area (Å²) in [5, 5.41) is 12.5. The number of carbonyl (C=O) groups is 2. The summed E-state index contributed by atoms with van der Waals surface area (Å²) in [4.78, 5) is 22.3. The van der Waals surface area contributed by atoms with Gasteiger partial charge in [0.25, 0.3) is 0 Å². The molecule has 1 saturated carbocycles. The molecule has 1 fully saturated rings. The van der Waals surface area contributed by atoms with Crippen LogP contribution in [0.5, 0.6) is 5.75 Å². The molecule has 0 heterocycles. The number of hydrogen-bond acceptors (Lipinski definition) is 4. The summed E-state index contributed by atoms with van der Waals surface area (Å²) in [7, 11) is 1.62. The van der Waals surface area contributed by atoms with Crippen molar-refractivity contribution in [3.05, 3.63) is 53.1 Å². The highest BCUT2D eigenvalue weighted by atomic mass is 16.5. The van der Waals surface area contributed by atoms with Gasteiger partial charge in [0.2, 0.25) is 0 Å². The Bertz CT molecular complexity index is 871. The molecule has 5 nitrogen and oxygen atoms in total. The van der Waals surface area contributed by atoms with E-state index in [0.717, 1.165) is 28.0 Å². The normalized spacial score (nSPS) is 13.4. The van der Waals surface area contributed by atoms with Gasteiger partial charge < -0.3 is 15.2 Å². The molecule has 28 heavy (non-hydrogen) atoms. The van der Waals surface area contributed by atoms with E-state index < -0.39 is 5.97 Å². The van der Waals surface area contributed by atoms with E-state index in [1.165, 1.54) is 18.4 Å². The highest BCUT2D eigenvalue weighted by Gasteiger charge is 2.24. The number of ether oxygens (including phenoxy) is 1. The van der Waals surface area contributed by atoms with Crippen molar-refractivity contribution >= 4 is 11.8 Å². The number of carbonyl (C=O) groups excluding carboxylic acids is 1. The smallest absolute Gasteiger partial charge is 0.307 e. The third-order valence-corrected chi connectivity index (χ3v) is 5.06. The molecule has 1 aliphatic rings. The molecule has 3 rings (SSSR count). The monoisotopic (exact) mass is 381 g/mol. The zero-order valence-electron chi connectivity index (χ0n) is 16.5. The molecule has 2 N–H and O–H groups in total. The molecule has 0 aliphatic heterocycles. The van der Waals surface area contributed by atoms with Gasteiger partial charge in [-0.3, -0.25) is 9.59 Å². The summed E-state index contributed by atoms with van der Waals surface area (Å²) in [6.45, 7) is 2.88. The molecular formula is C23H27NO4. The van der Waals surface area contributed by atoms with Crippen molar-refractivity contribution in [2.75, 3.05) is 13.7 Å². The number of benzene rings is 2. The minimum atomic E-state index is -0.855. The number of rotatable bonds is 10. The number of carboxylic acids is 1. The molecule has 2 aromatic rings. The first-order valence-corrected chi connectivity index (χ1v) is 9.70. The van der Waals surface area contributed by atoms with Crippen LogP contribution in [0, 0.1) is 0 Å². The van der Waals surface area contributed by atoms with E-state index in [9.17, 15) is 9.59 Å². The summed E-state index contributed by atoms with van der Waals surface area (Å²) >= 11 is 0. The number of methoxy groups -OCH3 is 1. The van der Waals surface area contributed by atoms with Crippen molar-refractivity contribution in [3.8, 4) is 16.9 Å². The summed E-state index contributed by atoms with van der Waals surface area (Å²) in [6.07, 6.45) is 2.94. The van der Waals surface area contributed by atoms with Gasteiger partial charge in [-0.2, -0.15) is 0 Å². The Morgan fingerprint density at radius 2 is 1.93 bits per heavy atom. The number of ketones is 1. The highest BCUT2D eigenvalue weighted by Crippen LogP contribution is 2.42. The number of Topliss-reactive ketones (excluding diaryl/α,β-unsaturated/α-hetero) is 1. The number of aliphatic carboxylic acids is 1. The number of nitrogens with one attached hydrogen (secondary N) is 1. The van der Waals surface area contributed by atoms with E-state index in [-0.39, 0.29) is 12.2 Å². The summed E-state index contributed by atoms with van der Waals surface area (Å²) in [5.41, 5.74) is 5.15. The van der Waals surface area contributed by atoms with Gasteiger partial charge in [-0.15, -0.1) is 0 Å². The van der Waals surface area contributed by atoms with Crippen LogP contribution in [0.1, 0.15) is 48.8 Å². The largest absolute Gasteiger partial charge is 0.496 e. The summed E-state index contributed by atoms with van der Waals surface area (Å²) < 4.78 is 5.55. The van der Waals surface area contributed by atoms with Gasteiger partial charge in [0, 0.05) is 25.1 Å². The minimum absolute atomic E-state index is 0.0245. The molecule has 1 aliphatic carbocycles. The molecule has 5 heteroatoms. The first-order valence-electron chi connectivity index (χ1n) is 9.70. The molecule has 0 unspecified atom stereocenters. The maximum absolute atomic E-state index is 11.2. The van der Waals surface area contributed by atoms with E-state index in [0.29, 0.717) is 25.4 Å². The first kappa shape index (κ1) is 20.1. The van der Waals surface area contributed by atoms with Crippen LogP contribution < -0.4 is 10.1 Å². The van der Waals surface area contributed by atoms with Crippen molar-refractivity contribution < 1.29 is 19.4 Å². The topological polar surface area (TPSA) is 75.6 Å². The second-order valence-electron chi connectivity index (χ2n) is 7.42. The van der Waals surface area contributed by atoms with Gasteiger partial charge in [0.05, 0.1) is 13.5 Å². The summed E-state index contributed by atoms with van der Waals surface area (Å²) in [5.74, 6) is 0.678. The Labute approximate surface area is 165 Å². The minimum Gasteiger partial charge on any atom is -0.496 e. The van der Waals surface area contributed by atoms with Crippen LogP contribution in [0.25, 0.3) is 11.1 Å². The fraction of sp³-hybridized carbons (Fsp3) is 0.391. The van der Waals surface area contributed by atoms with E-state index in [2.05, 4.69) is 23.5 Å². The quantitative estimate of drug-likeness (QED) is 0.610. The molecule has 0 spiro atoms. The van der Waals surface area contributed by atoms with Gasteiger partial charge in [0.15, 0.2) is 0 Å². The van der Waals surface area contributed by atoms with Crippen LogP contribution in [0.15, 0.2) is 36.4 Å². The first-order chi connectivity index (χ1) is 13.5. The Kier molecular flexibility index (Phi) is 6.47. The zero-order valence-corrected chi connectivity index (χ0v) is 16.5. The van der Waals surface area contributed by atoms with Gasteiger partial charge >= 0.3 is 5.97 Å². The van der Waals surface area contributed by atoms with Crippen LogP contribution >= 0.6 is 0 Å². The molecular weight excluding hydrogens is 354 g/mol. The number of carboxylic acid groups (broad SMARTS) is 1. The molecule has 0 bridgehead atoms. The summed E-state index contributed by atoms with van der Waals surface area (Å²) in [6, 6.07) is 12.0. The van der Waals surface area contributed by atoms with Crippen LogP contribution in [0.3, 0.4) is 0 Å². The highest BCUT2D eigenvalue weighted by molar-refractivity contribution is 5.77. The molecule has 0 aromatic heterocycles. The van der Waals surface area contributed by atoms with Gasteiger partial charge in [-0.25, -0.2) is 0 Å². The van der Waals surface area contributed by atoms with Crippen molar-refractivity contribution in [1.29, 1.82) is 0 Å². The fourth-order valence-corrected chi connectivity index (χ4v) is 3.43. The third-order valence-electron chi connectivity index (χ3n) is 5.06. The Hall–Kier alpha value is -2.66. The van der Waals surface area contributed by atoms with E-state index in [4.69, 9.17) is 9.84 Å². The molecule has 0 saturated heterocycles. The van der Waals surface area contributed by atoms with Crippen LogP contribution in [0.2, 0.25) is 0 Å². The SMILES string of the molecule is COc1ccc(CC(=O)O)cc1-c1ccc(C2CC2)cc1CNCCC(C)=O. The lowest BCUT2D eigenvalue weighted by Crippen LogP contribution is -2.17. The lowest BCUT2D eigenvalue weighted by molar-refractivity contribution is -0.136. The van der Waals surface area contributed by atoms with Crippen LogP contribution in [0.4, 0.5) is 0 Å². The standard InChI is InChI=1S/C23H27NO4/c1-15(25)9-10-24-14-19-13-18(17-4-5-17)6-7-20(19)21-11-16(12-23(26)27)3-8-22(21)28-2/h3,6-8,11,13,17,24H,4-5,9-10,12,14H2,1-2H3,(H,26,27). The molecule has 0 radical (unpaired) electrons. The van der Waals surface area contributed by atoms with Gasteiger partial charge in [-0.1, -0.05) is 24.3 Å². The van der Waals surface area contributed by atoms with Crippen LogP contribution in [-0.4, -0.2) is 30.5 Å². The molecule has 0 atom stereocenters. The zero-order chi connectivity index (χ0) is 20.1. The van der Waals surface area contributed by atoms with Crippen molar-refractivity contribution in [2.24, 2.45) is 0 Å². The number of hydrogen-bond donors (Lipinski definition) is 2. The Morgan fingerprint density at radius 3 is 2.57 bits per heavy atom. The molecule has 0 amide bonds. The van der Waals surface area contributed by atoms with Crippen molar-refractivity contribution in [1.82, 2.24) is 5.32 Å². The second kappa shape index (κ2) is 9.02. The van der Waals surface area contributed by atoms with Gasteiger partial charge in [-0.05, 0) is 60.1 Å². The third kappa shape index (κ3) is 5.20. The maximum atomic E-state index is 11.2. The average Bonchev–Trinajstić information content (AvgIpc) is 3.50.